The predicted molar refractivity (Wildman–Crippen MR) is 58.6 cm³/mol. The summed E-state index contributed by atoms with van der Waals surface area (Å²) in [5.41, 5.74) is -0.494. The molecule has 0 saturated heterocycles. The van der Waals surface area contributed by atoms with Crippen LogP contribution in [0.2, 0.25) is 0 Å². The summed E-state index contributed by atoms with van der Waals surface area (Å²) in [5.74, 6) is -4.03. The third kappa shape index (κ3) is 2.40. The monoisotopic (exact) mass is 251 g/mol. The van der Waals surface area contributed by atoms with Crippen molar-refractivity contribution in [1.82, 2.24) is 4.98 Å². The number of hydrogen-bond donors (Lipinski definition) is 0. The van der Waals surface area contributed by atoms with Crippen LogP contribution >= 0.6 is 0 Å². The largest absolute Gasteiger partial charge is 0.292 e. The minimum Gasteiger partial charge on any atom is -0.292 e. The number of ketones is 1. The van der Waals surface area contributed by atoms with Crippen molar-refractivity contribution in [1.29, 1.82) is 0 Å². The number of rotatable bonds is 3. The van der Waals surface area contributed by atoms with E-state index in [1.807, 2.05) is 0 Å². The number of aromatic nitrogens is 1. The molecule has 0 aliphatic heterocycles. The number of benzene rings is 1. The molecule has 0 aliphatic carbocycles. The van der Waals surface area contributed by atoms with E-state index in [9.17, 15) is 18.0 Å². The van der Waals surface area contributed by atoms with Gasteiger partial charge in [0.05, 0.1) is 0 Å². The molecule has 0 bridgehead atoms. The summed E-state index contributed by atoms with van der Waals surface area (Å²) in [7, 11) is 0. The van der Waals surface area contributed by atoms with Crippen LogP contribution in [0.15, 0.2) is 36.5 Å². The van der Waals surface area contributed by atoms with Crippen molar-refractivity contribution in [3.05, 3.63) is 65.2 Å². The lowest BCUT2D eigenvalue weighted by atomic mass is 10.1. The molecule has 2 nitrogen and oxygen atoms in total. The van der Waals surface area contributed by atoms with Crippen molar-refractivity contribution < 1.29 is 18.0 Å². The molecule has 0 spiro atoms. The second-order valence-corrected chi connectivity index (χ2v) is 3.64. The Kier molecular flexibility index (Phi) is 3.41. The summed E-state index contributed by atoms with van der Waals surface area (Å²) in [6.45, 7) is 0. The maximum Gasteiger partial charge on any atom is 0.185 e. The van der Waals surface area contributed by atoms with Gasteiger partial charge in [-0.05, 0) is 24.3 Å². The van der Waals surface area contributed by atoms with E-state index >= 15 is 0 Å². The first kappa shape index (κ1) is 12.3. The topological polar surface area (TPSA) is 30.0 Å². The van der Waals surface area contributed by atoms with Gasteiger partial charge in [0.15, 0.2) is 17.4 Å². The van der Waals surface area contributed by atoms with Gasteiger partial charge in [-0.3, -0.25) is 9.78 Å². The molecule has 1 aromatic heterocycles. The van der Waals surface area contributed by atoms with Gasteiger partial charge < -0.3 is 0 Å². The molecular weight excluding hydrogens is 243 g/mol. The zero-order chi connectivity index (χ0) is 13.1. The van der Waals surface area contributed by atoms with Crippen molar-refractivity contribution in [2.45, 2.75) is 6.42 Å². The first-order chi connectivity index (χ1) is 8.59. The summed E-state index contributed by atoms with van der Waals surface area (Å²) in [4.78, 5) is 15.5. The summed E-state index contributed by atoms with van der Waals surface area (Å²) >= 11 is 0. The molecule has 2 aromatic rings. The first-order valence-corrected chi connectivity index (χ1v) is 5.16. The van der Waals surface area contributed by atoms with Gasteiger partial charge in [0, 0.05) is 18.2 Å². The van der Waals surface area contributed by atoms with Crippen molar-refractivity contribution in [3.63, 3.8) is 0 Å². The van der Waals surface area contributed by atoms with Gasteiger partial charge in [0.25, 0.3) is 0 Å². The molecule has 5 heteroatoms. The molecular formula is C13H8F3NO. The Labute approximate surface area is 101 Å². The highest BCUT2D eigenvalue weighted by Gasteiger charge is 2.18. The fraction of sp³-hybridized carbons (Fsp3) is 0.0769. The number of carbonyl (C=O) groups is 1. The molecule has 1 aromatic carbocycles. The quantitative estimate of drug-likeness (QED) is 0.620. The summed E-state index contributed by atoms with van der Waals surface area (Å²) in [6.07, 6.45) is 0.831. The molecule has 18 heavy (non-hydrogen) atoms. The van der Waals surface area contributed by atoms with Crippen molar-refractivity contribution in [3.8, 4) is 0 Å². The Morgan fingerprint density at radius 2 is 1.78 bits per heavy atom. The van der Waals surface area contributed by atoms with Gasteiger partial charge in [0.1, 0.15) is 11.5 Å². The van der Waals surface area contributed by atoms with Gasteiger partial charge in [-0.25, -0.2) is 13.2 Å². The number of nitrogens with zero attached hydrogens (tertiary/aromatic N) is 1. The highest BCUT2D eigenvalue weighted by Crippen LogP contribution is 2.17. The molecule has 0 radical (unpaired) electrons. The van der Waals surface area contributed by atoms with Gasteiger partial charge >= 0.3 is 0 Å². The van der Waals surface area contributed by atoms with E-state index in [1.54, 1.807) is 12.1 Å². The molecule has 0 aliphatic rings. The number of pyridine rings is 1. The van der Waals surface area contributed by atoms with Crippen LogP contribution in [0, 0.1) is 17.5 Å². The van der Waals surface area contributed by atoms with E-state index in [0.29, 0.717) is 6.07 Å². The third-order valence-electron chi connectivity index (χ3n) is 2.43. The lowest BCUT2D eigenvalue weighted by molar-refractivity contribution is 0.0985. The second-order valence-electron chi connectivity index (χ2n) is 3.64. The Morgan fingerprint density at radius 1 is 1.06 bits per heavy atom. The number of hydrogen-bond acceptors (Lipinski definition) is 2. The van der Waals surface area contributed by atoms with E-state index in [-0.39, 0.29) is 5.69 Å². The third-order valence-corrected chi connectivity index (χ3v) is 2.43. The Bertz CT molecular complexity index is 584. The average molecular weight is 251 g/mol. The van der Waals surface area contributed by atoms with Crippen LogP contribution in [0.25, 0.3) is 0 Å². The normalized spacial score (nSPS) is 10.4. The molecule has 0 N–H and O–H groups in total. The van der Waals surface area contributed by atoms with Crippen LogP contribution in [0.4, 0.5) is 13.2 Å². The highest BCUT2D eigenvalue weighted by atomic mass is 19.2. The summed E-state index contributed by atoms with van der Waals surface area (Å²) in [6, 6.07) is 6.09. The Morgan fingerprint density at radius 3 is 2.44 bits per heavy atom. The van der Waals surface area contributed by atoms with Gasteiger partial charge in [-0.15, -0.1) is 0 Å². The van der Waals surface area contributed by atoms with E-state index in [2.05, 4.69) is 4.98 Å². The molecule has 92 valence electrons. The van der Waals surface area contributed by atoms with Crippen LogP contribution in [0.1, 0.15) is 16.1 Å². The maximum atomic E-state index is 13.4. The van der Waals surface area contributed by atoms with E-state index in [0.717, 1.165) is 6.07 Å². The van der Waals surface area contributed by atoms with Gasteiger partial charge in [0.2, 0.25) is 0 Å². The molecule has 0 saturated carbocycles. The minimum atomic E-state index is -1.33. The standard InChI is InChI=1S/C13H8F3NO/c14-9-4-5-10(15)13(16)8(9)7-12(18)11-3-1-2-6-17-11/h1-6H,7H2. The molecule has 0 fully saturated rings. The van der Waals surface area contributed by atoms with E-state index in [4.69, 9.17) is 0 Å². The zero-order valence-corrected chi connectivity index (χ0v) is 9.16. The number of halogens is 3. The van der Waals surface area contributed by atoms with Crippen molar-refractivity contribution in [2.24, 2.45) is 0 Å². The van der Waals surface area contributed by atoms with Crippen molar-refractivity contribution in [2.75, 3.05) is 0 Å². The van der Waals surface area contributed by atoms with Crippen LogP contribution in [0.3, 0.4) is 0 Å². The van der Waals surface area contributed by atoms with Gasteiger partial charge in [-0.2, -0.15) is 0 Å². The number of Topliss-reactive ketones (excluding diaryl/α,β-unsaturated/α-hetero) is 1. The predicted octanol–water partition coefficient (Wildman–Crippen LogP) is 2.92. The van der Waals surface area contributed by atoms with E-state index < -0.39 is 35.2 Å². The summed E-state index contributed by atoms with van der Waals surface area (Å²) in [5, 5.41) is 0. The van der Waals surface area contributed by atoms with Gasteiger partial charge in [-0.1, -0.05) is 6.07 Å². The van der Waals surface area contributed by atoms with E-state index in [1.165, 1.54) is 12.3 Å². The SMILES string of the molecule is O=C(Cc1c(F)ccc(F)c1F)c1ccccn1. The fourth-order valence-corrected chi connectivity index (χ4v) is 1.51. The molecule has 2 rings (SSSR count). The smallest absolute Gasteiger partial charge is 0.185 e. The summed E-state index contributed by atoms with van der Waals surface area (Å²) < 4.78 is 39.6. The minimum absolute atomic E-state index is 0.0839. The van der Waals surface area contributed by atoms with Crippen LogP contribution < -0.4 is 0 Å². The molecule has 0 amide bonds. The number of carbonyl (C=O) groups excluding carboxylic acids is 1. The molecule has 0 unspecified atom stereocenters. The van der Waals surface area contributed by atoms with Crippen molar-refractivity contribution >= 4 is 5.78 Å². The average Bonchev–Trinajstić information content (AvgIpc) is 2.40. The second kappa shape index (κ2) is 5.00. The lowest BCUT2D eigenvalue weighted by Crippen LogP contribution is -2.09. The zero-order valence-electron chi connectivity index (χ0n) is 9.16. The first-order valence-electron chi connectivity index (χ1n) is 5.16. The maximum absolute atomic E-state index is 13.4. The molecule has 1 heterocycles. The Balaban J connectivity index is 2.30. The highest BCUT2D eigenvalue weighted by molar-refractivity contribution is 5.95. The Hall–Kier alpha value is -2.17. The molecule has 0 atom stereocenters. The lowest BCUT2D eigenvalue weighted by Gasteiger charge is -2.04. The fourth-order valence-electron chi connectivity index (χ4n) is 1.51. The van der Waals surface area contributed by atoms with Crippen LogP contribution in [-0.4, -0.2) is 10.8 Å². The van der Waals surface area contributed by atoms with Crippen LogP contribution in [0.5, 0.6) is 0 Å². The van der Waals surface area contributed by atoms with Crippen LogP contribution in [-0.2, 0) is 6.42 Å².